The lowest BCUT2D eigenvalue weighted by atomic mass is 10.1. The summed E-state index contributed by atoms with van der Waals surface area (Å²) in [6.07, 6.45) is 2.20. The normalized spacial score (nSPS) is 36.4. The summed E-state index contributed by atoms with van der Waals surface area (Å²) in [6.45, 7) is 3.30. The van der Waals surface area contributed by atoms with E-state index in [1.807, 2.05) is 0 Å². The molecule has 4 unspecified atom stereocenters. The van der Waals surface area contributed by atoms with Gasteiger partial charge in [-0.2, -0.15) is 0 Å². The minimum atomic E-state index is -1.22. The van der Waals surface area contributed by atoms with Crippen molar-refractivity contribution in [1.82, 2.24) is 0 Å². The van der Waals surface area contributed by atoms with Crippen molar-refractivity contribution in [3.8, 4) is 0 Å². The molecule has 1 aliphatic rings. The van der Waals surface area contributed by atoms with Crippen molar-refractivity contribution in [2.24, 2.45) is 0 Å². The molecule has 0 fully saturated rings. The molecule has 1 aliphatic heterocycles. The van der Waals surface area contributed by atoms with E-state index in [9.17, 15) is 19.8 Å². The SMILES string of the molecule is CC1CC(O)C(O)/C=C/C(=O)OC(C)C/C=C\C(=O)O1. The number of ether oxygens (including phenoxy) is 2. The fourth-order valence-electron chi connectivity index (χ4n) is 1.71. The molecule has 6 nitrogen and oxygen atoms in total. The molecule has 112 valence electrons. The van der Waals surface area contributed by atoms with E-state index in [0.29, 0.717) is 6.42 Å². The molecule has 0 bridgehead atoms. The topological polar surface area (TPSA) is 93.1 Å². The van der Waals surface area contributed by atoms with E-state index < -0.39 is 36.4 Å². The molecule has 1 heterocycles. The molecule has 0 saturated carbocycles. The van der Waals surface area contributed by atoms with Crippen LogP contribution in [-0.4, -0.2) is 46.6 Å². The number of aliphatic hydroxyl groups excluding tert-OH is 2. The average Bonchev–Trinajstić information content (AvgIpc) is 2.34. The molecule has 20 heavy (non-hydrogen) atoms. The average molecular weight is 284 g/mol. The van der Waals surface area contributed by atoms with E-state index in [4.69, 9.17) is 9.47 Å². The molecular weight excluding hydrogens is 264 g/mol. The van der Waals surface area contributed by atoms with Crippen molar-refractivity contribution in [1.29, 1.82) is 0 Å². The highest BCUT2D eigenvalue weighted by Gasteiger charge is 2.19. The van der Waals surface area contributed by atoms with E-state index in [1.165, 1.54) is 6.08 Å². The van der Waals surface area contributed by atoms with Gasteiger partial charge in [0, 0.05) is 25.0 Å². The Morgan fingerprint density at radius 1 is 1.05 bits per heavy atom. The summed E-state index contributed by atoms with van der Waals surface area (Å²) in [5, 5.41) is 19.4. The number of hydrogen-bond donors (Lipinski definition) is 2. The van der Waals surface area contributed by atoms with E-state index in [0.717, 1.165) is 12.2 Å². The first kappa shape index (κ1) is 16.4. The Labute approximate surface area is 117 Å². The molecule has 0 aromatic rings. The highest BCUT2D eigenvalue weighted by molar-refractivity contribution is 5.82. The first-order chi connectivity index (χ1) is 9.38. The number of esters is 2. The molecule has 1 rings (SSSR count). The lowest BCUT2D eigenvalue weighted by Crippen LogP contribution is -2.29. The van der Waals surface area contributed by atoms with Crippen LogP contribution in [0.5, 0.6) is 0 Å². The maximum absolute atomic E-state index is 11.4. The van der Waals surface area contributed by atoms with Gasteiger partial charge in [0.25, 0.3) is 0 Å². The van der Waals surface area contributed by atoms with Gasteiger partial charge in [-0.05, 0) is 19.9 Å². The zero-order valence-electron chi connectivity index (χ0n) is 11.6. The van der Waals surface area contributed by atoms with Gasteiger partial charge in [-0.3, -0.25) is 0 Å². The van der Waals surface area contributed by atoms with Crippen molar-refractivity contribution >= 4 is 11.9 Å². The van der Waals surface area contributed by atoms with Crippen molar-refractivity contribution in [2.45, 2.75) is 51.1 Å². The number of cyclic esters (lactones) is 2. The molecule has 2 N–H and O–H groups in total. The molecular formula is C14H20O6. The van der Waals surface area contributed by atoms with E-state index >= 15 is 0 Å². The standard InChI is InChI=1S/C14H20O6/c1-9-4-3-5-13(17)20-10(2)8-12(16)11(15)6-7-14(18)19-9/h3,5-7,9-12,15-16H,4,8H2,1-2H3/b5-3-,7-6+. The third-order valence-corrected chi connectivity index (χ3v) is 2.75. The number of carbonyl (C=O) groups excluding carboxylic acids is 2. The Balaban J connectivity index is 2.79. The van der Waals surface area contributed by atoms with Crippen molar-refractivity contribution in [3.63, 3.8) is 0 Å². The maximum atomic E-state index is 11.4. The largest absolute Gasteiger partial charge is 0.459 e. The monoisotopic (exact) mass is 284 g/mol. The Bertz CT molecular complexity index is 400. The molecule has 4 atom stereocenters. The summed E-state index contributed by atoms with van der Waals surface area (Å²) in [7, 11) is 0. The predicted molar refractivity (Wildman–Crippen MR) is 70.6 cm³/mol. The van der Waals surface area contributed by atoms with Gasteiger partial charge in [-0.15, -0.1) is 0 Å². The molecule has 0 amide bonds. The first-order valence-electron chi connectivity index (χ1n) is 6.50. The van der Waals surface area contributed by atoms with Gasteiger partial charge in [0.1, 0.15) is 12.2 Å². The van der Waals surface area contributed by atoms with E-state index in [1.54, 1.807) is 19.9 Å². The van der Waals surface area contributed by atoms with E-state index in [2.05, 4.69) is 0 Å². The molecule has 0 spiro atoms. The quantitative estimate of drug-likeness (QED) is 0.628. The third-order valence-electron chi connectivity index (χ3n) is 2.75. The number of carbonyl (C=O) groups is 2. The van der Waals surface area contributed by atoms with Gasteiger partial charge in [0.2, 0.25) is 0 Å². The predicted octanol–water partition coefficient (Wildman–Crippen LogP) is 0.478. The van der Waals surface area contributed by atoms with Gasteiger partial charge < -0.3 is 19.7 Å². The van der Waals surface area contributed by atoms with Gasteiger partial charge in [-0.25, -0.2) is 9.59 Å². The van der Waals surface area contributed by atoms with Gasteiger partial charge in [0.15, 0.2) is 0 Å². The van der Waals surface area contributed by atoms with Crippen LogP contribution < -0.4 is 0 Å². The van der Waals surface area contributed by atoms with Crippen LogP contribution in [0.15, 0.2) is 24.3 Å². The van der Waals surface area contributed by atoms with Crippen LogP contribution in [0, 0.1) is 0 Å². The summed E-state index contributed by atoms with van der Waals surface area (Å²) in [5.74, 6) is -1.14. The van der Waals surface area contributed by atoms with Crippen LogP contribution in [0.25, 0.3) is 0 Å². The van der Waals surface area contributed by atoms with Crippen molar-refractivity contribution in [2.75, 3.05) is 0 Å². The highest BCUT2D eigenvalue weighted by Crippen LogP contribution is 2.09. The lowest BCUT2D eigenvalue weighted by molar-refractivity contribution is -0.144. The Hall–Kier alpha value is -1.66. The number of aliphatic hydroxyl groups is 2. The summed E-state index contributed by atoms with van der Waals surface area (Å²) in [5.41, 5.74) is 0. The summed E-state index contributed by atoms with van der Waals surface area (Å²) in [6, 6.07) is 0. The zero-order chi connectivity index (χ0) is 15.1. The van der Waals surface area contributed by atoms with Crippen LogP contribution in [0.2, 0.25) is 0 Å². The minimum absolute atomic E-state index is 0.0660. The lowest BCUT2D eigenvalue weighted by Gasteiger charge is -2.19. The summed E-state index contributed by atoms with van der Waals surface area (Å²) >= 11 is 0. The molecule has 0 aromatic carbocycles. The molecule has 0 radical (unpaired) electrons. The fourth-order valence-corrected chi connectivity index (χ4v) is 1.71. The molecule has 0 aromatic heterocycles. The van der Waals surface area contributed by atoms with Crippen LogP contribution >= 0.6 is 0 Å². The molecule has 6 heteroatoms. The van der Waals surface area contributed by atoms with E-state index in [-0.39, 0.29) is 6.42 Å². The number of hydrogen-bond acceptors (Lipinski definition) is 6. The highest BCUT2D eigenvalue weighted by atomic mass is 16.5. The third kappa shape index (κ3) is 5.99. The van der Waals surface area contributed by atoms with Gasteiger partial charge in [-0.1, -0.05) is 6.08 Å². The Morgan fingerprint density at radius 3 is 2.35 bits per heavy atom. The van der Waals surface area contributed by atoms with Crippen molar-refractivity contribution < 1.29 is 29.3 Å². The Morgan fingerprint density at radius 2 is 1.65 bits per heavy atom. The first-order valence-corrected chi connectivity index (χ1v) is 6.50. The van der Waals surface area contributed by atoms with Crippen molar-refractivity contribution in [3.05, 3.63) is 24.3 Å². The summed E-state index contributed by atoms with van der Waals surface area (Å²) in [4.78, 5) is 22.9. The Kier molecular flexibility index (Phi) is 6.41. The second-order valence-electron chi connectivity index (χ2n) is 4.79. The maximum Gasteiger partial charge on any atom is 0.330 e. The molecule has 0 saturated heterocycles. The summed E-state index contributed by atoms with van der Waals surface area (Å²) < 4.78 is 10.1. The van der Waals surface area contributed by atoms with Gasteiger partial charge >= 0.3 is 11.9 Å². The van der Waals surface area contributed by atoms with Crippen LogP contribution in [0.1, 0.15) is 26.7 Å². The minimum Gasteiger partial charge on any atom is -0.459 e. The van der Waals surface area contributed by atoms with Crippen LogP contribution in [-0.2, 0) is 19.1 Å². The number of rotatable bonds is 0. The molecule has 0 aliphatic carbocycles. The second-order valence-corrected chi connectivity index (χ2v) is 4.79. The zero-order valence-corrected chi connectivity index (χ0v) is 11.6. The van der Waals surface area contributed by atoms with Gasteiger partial charge in [0.05, 0.1) is 12.2 Å². The van der Waals surface area contributed by atoms with Crippen LogP contribution in [0.3, 0.4) is 0 Å². The smallest absolute Gasteiger partial charge is 0.330 e. The fraction of sp³-hybridized carbons (Fsp3) is 0.571. The second kappa shape index (κ2) is 7.81. The van der Waals surface area contributed by atoms with Crippen LogP contribution in [0.4, 0.5) is 0 Å².